The second-order valence-corrected chi connectivity index (χ2v) is 5.45. The molecule has 0 bridgehead atoms. The zero-order chi connectivity index (χ0) is 16.2. The van der Waals surface area contributed by atoms with E-state index in [1.807, 2.05) is 28.8 Å². The molecule has 1 aliphatic rings. The highest BCUT2D eigenvalue weighted by molar-refractivity contribution is 5.87. The van der Waals surface area contributed by atoms with Crippen LogP contribution in [0.25, 0.3) is 5.69 Å². The van der Waals surface area contributed by atoms with Crippen molar-refractivity contribution in [2.24, 2.45) is 5.92 Å². The minimum atomic E-state index is -0.429. The van der Waals surface area contributed by atoms with Gasteiger partial charge in [0.1, 0.15) is 6.33 Å². The van der Waals surface area contributed by atoms with Gasteiger partial charge in [0.05, 0.1) is 24.3 Å². The molecule has 1 aromatic carbocycles. The lowest BCUT2D eigenvalue weighted by molar-refractivity contribution is 0.0520. The van der Waals surface area contributed by atoms with Crippen LogP contribution in [0.4, 0.5) is 0 Å². The van der Waals surface area contributed by atoms with E-state index in [1.165, 1.54) is 0 Å². The molecule has 0 spiro atoms. The molecular formula is C17H18N4O2. The van der Waals surface area contributed by atoms with E-state index < -0.39 is 5.97 Å². The van der Waals surface area contributed by atoms with Crippen molar-refractivity contribution in [3.05, 3.63) is 48.0 Å². The van der Waals surface area contributed by atoms with Crippen molar-refractivity contribution in [2.45, 2.75) is 12.8 Å². The van der Waals surface area contributed by atoms with E-state index in [1.54, 1.807) is 19.4 Å². The minimum Gasteiger partial charge on any atom is -0.461 e. The highest BCUT2D eigenvalue weighted by Crippen LogP contribution is 2.31. The Morgan fingerprint density at radius 2 is 2.30 bits per heavy atom. The second kappa shape index (κ2) is 6.63. The average Bonchev–Trinajstić information content (AvgIpc) is 3.24. The predicted molar refractivity (Wildman–Crippen MR) is 84.2 cm³/mol. The van der Waals surface area contributed by atoms with E-state index in [4.69, 9.17) is 4.74 Å². The normalized spacial score (nSPS) is 20.2. The number of carbonyl (C=O) groups is 1. The SMILES string of the molecule is CCOC(=O)c1cn(-c2ccccc2C2CNCC2C#N)cn1. The van der Waals surface area contributed by atoms with E-state index in [-0.39, 0.29) is 17.5 Å². The third kappa shape index (κ3) is 2.96. The van der Waals surface area contributed by atoms with Crippen LogP contribution < -0.4 is 5.32 Å². The zero-order valence-corrected chi connectivity index (χ0v) is 12.9. The highest BCUT2D eigenvalue weighted by atomic mass is 16.5. The van der Waals surface area contributed by atoms with Crippen molar-refractivity contribution in [3.8, 4) is 11.8 Å². The van der Waals surface area contributed by atoms with E-state index in [0.29, 0.717) is 13.2 Å². The number of nitriles is 1. The number of carbonyl (C=O) groups excluding carboxylic acids is 1. The van der Waals surface area contributed by atoms with Crippen molar-refractivity contribution in [1.82, 2.24) is 14.9 Å². The smallest absolute Gasteiger partial charge is 0.358 e. The summed E-state index contributed by atoms with van der Waals surface area (Å²) in [5.74, 6) is -0.352. The van der Waals surface area contributed by atoms with Gasteiger partial charge in [0.25, 0.3) is 0 Å². The molecule has 1 aromatic heterocycles. The first kappa shape index (κ1) is 15.3. The summed E-state index contributed by atoms with van der Waals surface area (Å²) in [4.78, 5) is 15.9. The number of benzene rings is 1. The minimum absolute atomic E-state index is 0.0517. The molecule has 2 unspecified atom stereocenters. The maximum atomic E-state index is 11.8. The van der Waals surface area contributed by atoms with Crippen molar-refractivity contribution < 1.29 is 9.53 Å². The molecule has 2 heterocycles. The van der Waals surface area contributed by atoms with E-state index in [2.05, 4.69) is 16.4 Å². The molecule has 6 heteroatoms. The van der Waals surface area contributed by atoms with Gasteiger partial charge in [-0.2, -0.15) is 5.26 Å². The number of hydrogen-bond donors (Lipinski definition) is 1. The van der Waals surface area contributed by atoms with E-state index >= 15 is 0 Å². The van der Waals surface area contributed by atoms with E-state index in [9.17, 15) is 10.1 Å². The molecular weight excluding hydrogens is 292 g/mol. The summed E-state index contributed by atoms with van der Waals surface area (Å²) in [6, 6.07) is 10.3. The molecule has 6 nitrogen and oxygen atoms in total. The topological polar surface area (TPSA) is 79.9 Å². The quantitative estimate of drug-likeness (QED) is 0.872. The lowest BCUT2D eigenvalue weighted by Gasteiger charge is -2.17. The van der Waals surface area contributed by atoms with Gasteiger partial charge in [0.2, 0.25) is 0 Å². The third-order valence-corrected chi connectivity index (χ3v) is 4.06. The number of para-hydroxylation sites is 1. The van der Waals surface area contributed by atoms with Crippen molar-refractivity contribution in [3.63, 3.8) is 0 Å². The molecule has 1 N–H and O–H groups in total. The Bertz CT molecular complexity index is 747. The van der Waals surface area contributed by atoms with Gasteiger partial charge in [0, 0.05) is 25.2 Å². The summed E-state index contributed by atoms with van der Waals surface area (Å²) in [5, 5.41) is 12.6. The van der Waals surface area contributed by atoms with Crippen molar-refractivity contribution >= 4 is 5.97 Å². The molecule has 0 saturated carbocycles. The average molecular weight is 310 g/mol. The maximum absolute atomic E-state index is 11.8. The largest absolute Gasteiger partial charge is 0.461 e. The number of esters is 1. The monoisotopic (exact) mass is 310 g/mol. The molecule has 118 valence electrons. The molecule has 2 atom stereocenters. The molecule has 3 rings (SSSR count). The van der Waals surface area contributed by atoms with Crippen LogP contribution >= 0.6 is 0 Å². The molecule has 1 saturated heterocycles. The van der Waals surface area contributed by atoms with Gasteiger partial charge < -0.3 is 14.6 Å². The summed E-state index contributed by atoms with van der Waals surface area (Å²) < 4.78 is 6.79. The van der Waals surface area contributed by atoms with Crippen LogP contribution in [0.15, 0.2) is 36.8 Å². The Balaban J connectivity index is 1.95. The summed E-state index contributed by atoms with van der Waals surface area (Å²) >= 11 is 0. The number of aromatic nitrogens is 2. The first-order chi connectivity index (χ1) is 11.2. The van der Waals surface area contributed by atoms with Gasteiger partial charge in [0.15, 0.2) is 5.69 Å². The second-order valence-electron chi connectivity index (χ2n) is 5.45. The number of imidazole rings is 1. The van der Waals surface area contributed by atoms with Crippen LogP contribution in [-0.4, -0.2) is 35.2 Å². The van der Waals surface area contributed by atoms with Gasteiger partial charge in [-0.3, -0.25) is 0 Å². The first-order valence-electron chi connectivity index (χ1n) is 7.65. The lowest BCUT2D eigenvalue weighted by atomic mass is 9.89. The number of ether oxygens (including phenoxy) is 1. The number of hydrogen-bond acceptors (Lipinski definition) is 5. The zero-order valence-electron chi connectivity index (χ0n) is 12.9. The Hall–Kier alpha value is -2.65. The van der Waals surface area contributed by atoms with Gasteiger partial charge >= 0.3 is 5.97 Å². The fourth-order valence-corrected chi connectivity index (χ4v) is 2.94. The Kier molecular flexibility index (Phi) is 4.40. The van der Waals surface area contributed by atoms with Crippen LogP contribution in [0.1, 0.15) is 28.9 Å². The predicted octanol–water partition coefficient (Wildman–Crippen LogP) is 1.88. The fourth-order valence-electron chi connectivity index (χ4n) is 2.94. The molecule has 2 aromatic rings. The molecule has 0 amide bonds. The summed E-state index contributed by atoms with van der Waals surface area (Å²) in [7, 11) is 0. The van der Waals surface area contributed by atoms with Gasteiger partial charge in [-0.05, 0) is 18.6 Å². The van der Waals surface area contributed by atoms with Crippen LogP contribution in [0.2, 0.25) is 0 Å². The molecule has 1 aliphatic heterocycles. The van der Waals surface area contributed by atoms with Crippen molar-refractivity contribution in [2.75, 3.05) is 19.7 Å². The summed E-state index contributed by atoms with van der Waals surface area (Å²) in [6.45, 7) is 3.56. The highest BCUT2D eigenvalue weighted by Gasteiger charge is 2.30. The summed E-state index contributed by atoms with van der Waals surface area (Å²) in [6.07, 6.45) is 3.27. The van der Waals surface area contributed by atoms with Gasteiger partial charge in [-0.15, -0.1) is 0 Å². The molecule has 0 aliphatic carbocycles. The molecule has 1 fully saturated rings. The van der Waals surface area contributed by atoms with Crippen LogP contribution in [0.5, 0.6) is 0 Å². The van der Waals surface area contributed by atoms with Crippen LogP contribution in [0.3, 0.4) is 0 Å². The molecule has 23 heavy (non-hydrogen) atoms. The number of nitrogens with zero attached hydrogens (tertiary/aromatic N) is 3. The van der Waals surface area contributed by atoms with Gasteiger partial charge in [-0.1, -0.05) is 18.2 Å². The number of nitrogens with one attached hydrogen (secondary N) is 1. The standard InChI is InChI=1S/C17H18N4O2/c1-2-23-17(22)15-10-21(11-20-15)16-6-4-3-5-13(16)14-9-19-8-12(14)7-18/h3-6,10-12,14,19H,2,8-9H2,1H3. The third-order valence-electron chi connectivity index (χ3n) is 4.06. The first-order valence-corrected chi connectivity index (χ1v) is 7.65. The Morgan fingerprint density at radius 3 is 3.09 bits per heavy atom. The summed E-state index contributed by atoms with van der Waals surface area (Å²) in [5.41, 5.74) is 2.30. The van der Waals surface area contributed by atoms with E-state index in [0.717, 1.165) is 17.8 Å². The molecule has 0 radical (unpaired) electrons. The maximum Gasteiger partial charge on any atom is 0.358 e. The Morgan fingerprint density at radius 1 is 1.48 bits per heavy atom. The van der Waals surface area contributed by atoms with Crippen LogP contribution in [-0.2, 0) is 4.74 Å². The Labute approximate surface area is 134 Å². The lowest BCUT2D eigenvalue weighted by Crippen LogP contribution is -2.12. The van der Waals surface area contributed by atoms with Crippen LogP contribution in [0, 0.1) is 17.2 Å². The van der Waals surface area contributed by atoms with Crippen molar-refractivity contribution in [1.29, 1.82) is 5.26 Å². The van der Waals surface area contributed by atoms with Gasteiger partial charge in [-0.25, -0.2) is 9.78 Å². The number of rotatable bonds is 4. The fraction of sp³-hybridized carbons (Fsp3) is 0.353.